The monoisotopic (exact) mass is 234 g/mol. The summed E-state index contributed by atoms with van der Waals surface area (Å²) in [5, 5.41) is 9.52. The Bertz CT molecular complexity index is 567. The number of carbonyl (C=O) groups is 1. The second kappa shape index (κ2) is 3.78. The molecule has 0 radical (unpaired) electrons. The highest BCUT2D eigenvalue weighted by Crippen LogP contribution is 2.29. The number of benzene rings is 1. The van der Waals surface area contributed by atoms with E-state index in [2.05, 4.69) is 0 Å². The van der Waals surface area contributed by atoms with Crippen LogP contribution in [0.5, 0.6) is 5.75 Å². The predicted molar refractivity (Wildman–Crippen MR) is 58.4 cm³/mol. The molecule has 0 amide bonds. The van der Waals surface area contributed by atoms with Gasteiger partial charge in [0.15, 0.2) is 0 Å². The molecular weight excluding hydrogens is 224 g/mol. The van der Waals surface area contributed by atoms with Crippen LogP contribution in [0.15, 0.2) is 28.7 Å². The molecule has 0 aliphatic carbocycles. The average molecular weight is 234 g/mol. The first-order valence-electron chi connectivity index (χ1n) is 5.24. The average Bonchev–Trinajstić information content (AvgIpc) is 3.02. The Morgan fingerprint density at radius 3 is 3.06 bits per heavy atom. The molecule has 2 heterocycles. The normalized spacial score (nSPS) is 18.2. The lowest BCUT2D eigenvalue weighted by Gasteiger charge is -2.04. The van der Waals surface area contributed by atoms with Crippen molar-refractivity contribution in [2.24, 2.45) is 0 Å². The fraction of sp³-hybridized carbons (Fsp3) is 0.250. The van der Waals surface area contributed by atoms with Gasteiger partial charge in [0.1, 0.15) is 24.0 Å². The molecule has 1 N–H and O–H groups in total. The van der Waals surface area contributed by atoms with Crippen LogP contribution < -0.4 is 4.74 Å². The lowest BCUT2D eigenvalue weighted by atomic mass is 10.2. The van der Waals surface area contributed by atoms with Crippen molar-refractivity contribution >= 4 is 16.9 Å². The Kier molecular flexibility index (Phi) is 2.26. The summed E-state index contributed by atoms with van der Waals surface area (Å²) in [6.45, 7) is 1.20. The van der Waals surface area contributed by atoms with Crippen molar-refractivity contribution < 1.29 is 23.8 Å². The smallest absolute Gasteiger partial charge is 0.371 e. The summed E-state index contributed by atoms with van der Waals surface area (Å²) in [4.78, 5) is 10.8. The zero-order chi connectivity index (χ0) is 11.8. The number of rotatable bonds is 4. The van der Waals surface area contributed by atoms with Crippen molar-refractivity contribution in [1.29, 1.82) is 0 Å². The van der Waals surface area contributed by atoms with Gasteiger partial charge in [-0.2, -0.15) is 0 Å². The van der Waals surface area contributed by atoms with E-state index in [4.69, 9.17) is 19.0 Å². The Morgan fingerprint density at radius 2 is 2.35 bits per heavy atom. The molecule has 0 saturated carbocycles. The van der Waals surface area contributed by atoms with E-state index in [9.17, 15) is 4.79 Å². The van der Waals surface area contributed by atoms with Gasteiger partial charge in [-0.05, 0) is 12.1 Å². The quantitative estimate of drug-likeness (QED) is 0.818. The standard InChI is InChI=1S/C12H10O5/c13-12(14)11-4-8-9(16-6-7-5-15-7)2-1-3-10(8)17-11/h1-4,7H,5-6H2,(H,13,14)/t7-/m0/s1. The predicted octanol–water partition coefficient (Wildman–Crippen LogP) is 1.91. The van der Waals surface area contributed by atoms with Crippen LogP contribution in [0.1, 0.15) is 10.6 Å². The van der Waals surface area contributed by atoms with Crippen LogP contribution in [-0.2, 0) is 4.74 Å². The second-order valence-corrected chi connectivity index (χ2v) is 3.85. The Hall–Kier alpha value is -2.01. The van der Waals surface area contributed by atoms with Gasteiger partial charge in [-0.1, -0.05) is 6.07 Å². The Morgan fingerprint density at radius 1 is 1.53 bits per heavy atom. The molecule has 1 aromatic heterocycles. The number of ether oxygens (including phenoxy) is 2. The van der Waals surface area contributed by atoms with Crippen LogP contribution in [0.3, 0.4) is 0 Å². The fourth-order valence-electron chi connectivity index (χ4n) is 1.61. The summed E-state index contributed by atoms with van der Waals surface area (Å²) in [5.74, 6) is -0.550. The van der Waals surface area contributed by atoms with E-state index in [1.54, 1.807) is 18.2 Å². The first kappa shape index (κ1) is 10.2. The number of hydrogen-bond acceptors (Lipinski definition) is 4. The SMILES string of the molecule is O=C(O)c1cc2c(OC[C@@H]3CO3)cccc2o1. The number of hydrogen-bond donors (Lipinski definition) is 1. The maximum atomic E-state index is 10.8. The van der Waals surface area contributed by atoms with E-state index in [1.165, 1.54) is 6.07 Å². The van der Waals surface area contributed by atoms with E-state index >= 15 is 0 Å². The summed E-state index contributed by atoms with van der Waals surface area (Å²) in [7, 11) is 0. The van der Waals surface area contributed by atoms with Crippen molar-refractivity contribution in [3.05, 3.63) is 30.0 Å². The first-order chi connectivity index (χ1) is 8.24. The van der Waals surface area contributed by atoms with Gasteiger partial charge in [0.2, 0.25) is 5.76 Å². The van der Waals surface area contributed by atoms with Crippen molar-refractivity contribution in [2.45, 2.75) is 6.10 Å². The van der Waals surface area contributed by atoms with Crippen molar-refractivity contribution in [3.63, 3.8) is 0 Å². The number of epoxide rings is 1. The van der Waals surface area contributed by atoms with Crippen molar-refractivity contribution in [2.75, 3.05) is 13.2 Å². The molecule has 1 fully saturated rings. The molecule has 1 atom stereocenters. The van der Waals surface area contributed by atoms with Crippen LogP contribution in [-0.4, -0.2) is 30.4 Å². The van der Waals surface area contributed by atoms with Gasteiger partial charge in [-0.3, -0.25) is 0 Å². The molecule has 1 aromatic carbocycles. The van der Waals surface area contributed by atoms with E-state index in [1.807, 2.05) is 0 Å². The topological polar surface area (TPSA) is 72.2 Å². The Labute approximate surface area is 96.5 Å². The van der Waals surface area contributed by atoms with Crippen molar-refractivity contribution in [3.8, 4) is 5.75 Å². The molecule has 1 aliphatic heterocycles. The third-order valence-electron chi connectivity index (χ3n) is 2.56. The molecule has 1 saturated heterocycles. The highest BCUT2D eigenvalue weighted by Gasteiger charge is 2.23. The van der Waals surface area contributed by atoms with E-state index in [0.29, 0.717) is 23.3 Å². The zero-order valence-corrected chi connectivity index (χ0v) is 8.88. The number of carboxylic acid groups (broad SMARTS) is 1. The second-order valence-electron chi connectivity index (χ2n) is 3.85. The van der Waals surface area contributed by atoms with Gasteiger partial charge < -0.3 is 19.0 Å². The number of fused-ring (bicyclic) bond motifs is 1. The fourth-order valence-corrected chi connectivity index (χ4v) is 1.61. The largest absolute Gasteiger partial charge is 0.490 e. The molecule has 0 unspecified atom stereocenters. The summed E-state index contributed by atoms with van der Waals surface area (Å²) < 4.78 is 15.8. The minimum absolute atomic E-state index is 0.0845. The maximum Gasteiger partial charge on any atom is 0.371 e. The summed E-state index contributed by atoms with van der Waals surface area (Å²) >= 11 is 0. The third kappa shape index (κ3) is 1.97. The Balaban J connectivity index is 1.95. The first-order valence-corrected chi connectivity index (χ1v) is 5.24. The molecule has 3 rings (SSSR count). The van der Waals surface area contributed by atoms with Gasteiger partial charge in [0.25, 0.3) is 0 Å². The highest BCUT2D eigenvalue weighted by molar-refractivity contribution is 5.93. The minimum Gasteiger partial charge on any atom is -0.490 e. The lowest BCUT2D eigenvalue weighted by Crippen LogP contribution is -2.03. The van der Waals surface area contributed by atoms with Crippen LogP contribution in [0.2, 0.25) is 0 Å². The molecule has 2 aromatic rings. The molecule has 17 heavy (non-hydrogen) atoms. The van der Waals surface area contributed by atoms with Crippen molar-refractivity contribution in [1.82, 2.24) is 0 Å². The molecular formula is C12H10O5. The summed E-state index contributed by atoms with van der Waals surface area (Å²) in [5.41, 5.74) is 0.511. The van der Waals surface area contributed by atoms with E-state index in [0.717, 1.165) is 6.61 Å². The van der Waals surface area contributed by atoms with Gasteiger partial charge in [-0.15, -0.1) is 0 Å². The van der Waals surface area contributed by atoms with Gasteiger partial charge >= 0.3 is 5.97 Å². The molecule has 5 heteroatoms. The molecule has 0 spiro atoms. The lowest BCUT2D eigenvalue weighted by molar-refractivity contribution is 0.0665. The molecule has 88 valence electrons. The van der Waals surface area contributed by atoms with Gasteiger partial charge in [0, 0.05) is 6.07 Å². The van der Waals surface area contributed by atoms with Gasteiger partial charge in [-0.25, -0.2) is 4.79 Å². The summed E-state index contributed by atoms with van der Waals surface area (Å²) in [6.07, 6.45) is 0.163. The van der Waals surface area contributed by atoms with E-state index < -0.39 is 5.97 Å². The molecule has 5 nitrogen and oxygen atoms in total. The van der Waals surface area contributed by atoms with Crippen LogP contribution >= 0.6 is 0 Å². The maximum absolute atomic E-state index is 10.8. The molecule has 1 aliphatic rings. The van der Waals surface area contributed by atoms with E-state index in [-0.39, 0.29) is 11.9 Å². The van der Waals surface area contributed by atoms with Crippen LogP contribution in [0, 0.1) is 0 Å². The summed E-state index contributed by atoms with van der Waals surface area (Å²) in [6, 6.07) is 6.73. The third-order valence-corrected chi connectivity index (χ3v) is 2.56. The van der Waals surface area contributed by atoms with Gasteiger partial charge in [0.05, 0.1) is 12.0 Å². The minimum atomic E-state index is -1.09. The number of carboxylic acids is 1. The highest BCUT2D eigenvalue weighted by atomic mass is 16.6. The number of aromatic carboxylic acids is 1. The molecule has 0 bridgehead atoms. The number of furan rings is 1. The zero-order valence-electron chi connectivity index (χ0n) is 8.88. The van der Waals surface area contributed by atoms with Crippen LogP contribution in [0.4, 0.5) is 0 Å². The van der Waals surface area contributed by atoms with Crippen LogP contribution in [0.25, 0.3) is 11.0 Å².